The van der Waals surface area contributed by atoms with Crippen molar-refractivity contribution in [3.63, 3.8) is 0 Å². The fourth-order valence-corrected chi connectivity index (χ4v) is 3.65. The predicted octanol–water partition coefficient (Wildman–Crippen LogP) is 3.57. The molecule has 6 heteroatoms. The number of anilines is 2. The summed E-state index contributed by atoms with van der Waals surface area (Å²) in [6.45, 7) is 0.830. The summed E-state index contributed by atoms with van der Waals surface area (Å²) in [5.41, 5.74) is 8.96. The zero-order valence-electron chi connectivity index (χ0n) is 14.4. The average Bonchev–Trinajstić information content (AvgIpc) is 3.28. The summed E-state index contributed by atoms with van der Waals surface area (Å²) in [5, 5.41) is 3.40. The van der Waals surface area contributed by atoms with Crippen molar-refractivity contribution >= 4 is 22.9 Å². The summed E-state index contributed by atoms with van der Waals surface area (Å²) in [4.78, 5) is 13.4. The molecule has 6 nitrogen and oxygen atoms in total. The molecule has 0 amide bonds. The van der Waals surface area contributed by atoms with Crippen LogP contribution in [0.2, 0.25) is 0 Å². The van der Waals surface area contributed by atoms with Gasteiger partial charge in [-0.2, -0.15) is 9.97 Å². The Morgan fingerprint density at radius 2 is 1.92 bits per heavy atom. The van der Waals surface area contributed by atoms with Gasteiger partial charge in [0.1, 0.15) is 0 Å². The summed E-state index contributed by atoms with van der Waals surface area (Å²) in [5.74, 6) is 1.05. The number of nitrogen functional groups attached to an aromatic ring is 1. The Morgan fingerprint density at radius 1 is 1.12 bits per heavy atom. The largest absolute Gasteiger partial charge is 0.368 e. The van der Waals surface area contributed by atoms with Gasteiger partial charge in [0.15, 0.2) is 17.0 Å². The van der Waals surface area contributed by atoms with E-state index in [0.717, 1.165) is 36.4 Å². The normalized spacial score (nSPS) is 15.0. The van der Waals surface area contributed by atoms with E-state index < -0.39 is 0 Å². The second-order valence-corrected chi connectivity index (χ2v) is 6.71. The number of imidazole rings is 1. The van der Waals surface area contributed by atoms with E-state index in [-0.39, 0.29) is 0 Å². The quantitative estimate of drug-likeness (QED) is 0.673. The second kappa shape index (κ2) is 7.09. The number of aromatic nitrogens is 4. The minimum Gasteiger partial charge on any atom is -0.368 e. The smallest absolute Gasteiger partial charge is 0.224 e. The average molecular weight is 336 g/mol. The Kier molecular flexibility index (Phi) is 4.50. The van der Waals surface area contributed by atoms with Crippen molar-refractivity contribution in [2.24, 2.45) is 0 Å². The molecule has 3 aromatic rings. The molecule has 1 aromatic carbocycles. The van der Waals surface area contributed by atoms with Crippen LogP contribution in [0.4, 0.5) is 11.8 Å². The van der Waals surface area contributed by atoms with Crippen LogP contribution >= 0.6 is 0 Å². The lowest BCUT2D eigenvalue weighted by atomic mass is 10.1. The van der Waals surface area contributed by atoms with E-state index in [1.165, 1.54) is 31.2 Å². The van der Waals surface area contributed by atoms with Gasteiger partial charge >= 0.3 is 0 Å². The van der Waals surface area contributed by atoms with Crippen molar-refractivity contribution in [2.45, 2.75) is 44.6 Å². The number of rotatable bonds is 6. The molecule has 1 saturated carbocycles. The van der Waals surface area contributed by atoms with Crippen LogP contribution in [0.1, 0.15) is 43.7 Å². The van der Waals surface area contributed by atoms with E-state index in [2.05, 4.69) is 49.1 Å². The van der Waals surface area contributed by atoms with Gasteiger partial charge in [-0.25, -0.2) is 4.98 Å². The maximum Gasteiger partial charge on any atom is 0.224 e. The molecular formula is C19H24N6. The molecule has 1 fully saturated rings. The van der Waals surface area contributed by atoms with Gasteiger partial charge in [-0.1, -0.05) is 43.2 Å². The van der Waals surface area contributed by atoms with E-state index in [1.54, 1.807) is 0 Å². The Hall–Kier alpha value is -2.63. The molecule has 0 atom stereocenters. The van der Waals surface area contributed by atoms with Gasteiger partial charge in [-0.05, 0) is 31.2 Å². The summed E-state index contributed by atoms with van der Waals surface area (Å²) in [6, 6.07) is 11.0. The number of benzene rings is 1. The lowest BCUT2D eigenvalue weighted by Crippen LogP contribution is -2.09. The van der Waals surface area contributed by atoms with Crippen molar-refractivity contribution in [3.05, 3.63) is 42.2 Å². The van der Waals surface area contributed by atoms with Gasteiger partial charge in [-0.15, -0.1) is 0 Å². The number of nitrogens with two attached hydrogens (primary N) is 1. The molecule has 0 bridgehead atoms. The molecule has 1 aliphatic rings. The Bertz CT molecular complexity index is 836. The summed E-state index contributed by atoms with van der Waals surface area (Å²) in [7, 11) is 0. The molecule has 4 rings (SSSR count). The summed E-state index contributed by atoms with van der Waals surface area (Å²) >= 11 is 0. The molecule has 1 aliphatic carbocycles. The lowest BCUT2D eigenvalue weighted by molar-refractivity contribution is 0.529. The number of hydrogen-bond donors (Lipinski definition) is 2. The van der Waals surface area contributed by atoms with Crippen LogP contribution in [0.5, 0.6) is 0 Å². The highest BCUT2D eigenvalue weighted by Gasteiger charge is 2.21. The number of hydrogen-bond acceptors (Lipinski definition) is 5. The van der Waals surface area contributed by atoms with E-state index >= 15 is 0 Å². The maximum atomic E-state index is 5.94. The Balaban J connectivity index is 1.47. The first kappa shape index (κ1) is 15.9. The highest BCUT2D eigenvalue weighted by Crippen LogP contribution is 2.32. The molecule has 3 N–H and O–H groups in total. The molecule has 2 heterocycles. The number of nitrogens with zero attached hydrogens (tertiary/aromatic N) is 4. The van der Waals surface area contributed by atoms with Crippen LogP contribution in [0.3, 0.4) is 0 Å². The van der Waals surface area contributed by atoms with Crippen LogP contribution in [-0.2, 0) is 6.42 Å². The van der Waals surface area contributed by atoms with Gasteiger partial charge in [0.25, 0.3) is 0 Å². The molecule has 0 spiro atoms. The topological polar surface area (TPSA) is 81.6 Å². The van der Waals surface area contributed by atoms with Gasteiger partial charge < -0.3 is 15.6 Å². The van der Waals surface area contributed by atoms with Crippen LogP contribution in [0, 0.1) is 0 Å². The van der Waals surface area contributed by atoms with Crippen molar-refractivity contribution in [1.82, 2.24) is 19.5 Å². The van der Waals surface area contributed by atoms with E-state index in [1.807, 2.05) is 12.4 Å². The third-order valence-electron chi connectivity index (χ3n) is 4.93. The zero-order chi connectivity index (χ0) is 17.1. The van der Waals surface area contributed by atoms with Crippen LogP contribution < -0.4 is 11.1 Å². The summed E-state index contributed by atoms with van der Waals surface area (Å²) in [6.07, 6.45) is 8.88. The first-order valence-corrected chi connectivity index (χ1v) is 9.09. The highest BCUT2D eigenvalue weighted by molar-refractivity contribution is 5.84. The second-order valence-electron chi connectivity index (χ2n) is 6.71. The fraction of sp³-hybridized carbons (Fsp3) is 0.421. The van der Waals surface area contributed by atoms with Gasteiger partial charge in [0.2, 0.25) is 5.95 Å². The summed E-state index contributed by atoms with van der Waals surface area (Å²) < 4.78 is 2.18. The third kappa shape index (κ3) is 3.43. The van der Waals surface area contributed by atoms with Gasteiger partial charge in [0, 0.05) is 12.6 Å². The van der Waals surface area contributed by atoms with E-state index in [0.29, 0.717) is 12.0 Å². The van der Waals surface area contributed by atoms with Crippen molar-refractivity contribution in [2.75, 3.05) is 17.6 Å². The molecule has 130 valence electrons. The molecular weight excluding hydrogens is 312 g/mol. The number of aryl methyl sites for hydroxylation is 1. The van der Waals surface area contributed by atoms with E-state index in [4.69, 9.17) is 5.73 Å². The molecule has 0 aliphatic heterocycles. The molecule has 0 radical (unpaired) electrons. The first-order valence-electron chi connectivity index (χ1n) is 9.09. The van der Waals surface area contributed by atoms with Crippen molar-refractivity contribution in [1.29, 1.82) is 0 Å². The number of fused-ring (bicyclic) bond motifs is 1. The maximum absolute atomic E-state index is 5.94. The fourth-order valence-electron chi connectivity index (χ4n) is 3.65. The SMILES string of the molecule is Nc1nc(NCCCc2ccccc2)c2ncn(C3CCCC3)c2n1. The molecule has 0 saturated heterocycles. The minimum absolute atomic E-state index is 0.304. The lowest BCUT2D eigenvalue weighted by Gasteiger charge is -2.12. The predicted molar refractivity (Wildman–Crippen MR) is 100 cm³/mol. The molecule has 2 aromatic heterocycles. The van der Waals surface area contributed by atoms with Crippen molar-refractivity contribution < 1.29 is 0 Å². The minimum atomic E-state index is 0.304. The Labute approximate surface area is 147 Å². The van der Waals surface area contributed by atoms with Crippen LogP contribution in [0.25, 0.3) is 11.2 Å². The number of nitrogens with one attached hydrogen (secondary N) is 1. The van der Waals surface area contributed by atoms with Gasteiger partial charge in [0.05, 0.1) is 6.33 Å². The van der Waals surface area contributed by atoms with Crippen LogP contribution in [0.15, 0.2) is 36.7 Å². The first-order chi connectivity index (χ1) is 12.3. The Morgan fingerprint density at radius 3 is 2.72 bits per heavy atom. The van der Waals surface area contributed by atoms with Crippen LogP contribution in [-0.4, -0.2) is 26.1 Å². The molecule has 25 heavy (non-hydrogen) atoms. The zero-order valence-corrected chi connectivity index (χ0v) is 14.4. The molecule has 0 unspecified atom stereocenters. The highest BCUT2D eigenvalue weighted by atomic mass is 15.2. The van der Waals surface area contributed by atoms with Crippen molar-refractivity contribution in [3.8, 4) is 0 Å². The van der Waals surface area contributed by atoms with Gasteiger partial charge in [-0.3, -0.25) is 0 Å². The standard InChI is InChI=1S/C19H24N6/c20-19-23-17(21-12-6-9-14-7-2-1-3-8-14)16-18(24-19)25(13-22-16)15-10-4-5-11-15/h1-3,7-8,13,15H,4-6,9-12H2,(H3,20,21,23,24). The third-order valence-corrected chi connectivity index (χ3v) is 4.93. The van der Waals surface area contributed by atoms with E-state index in [9.17, 15) is 0 Å². The monoisotopic (exact) mass is 336 g/mol.